The second-order valence-electron chi connectivity index (χ2n) is 6.33. The van der Waals surface area contributed by atoms with Crippen LogP contribution in [0.3, 0.4) is 0 Å². The van der Waals surface area contributed by atoms with Gasteiger partial charge in [-0.05, 0) is 36.4 Å². The van der Waals surface area contributed by atoms with E-state index in [-0.39, 0.29) is 6.03 Å². The molecule has 0 atom stereocenters. The van der Waals surface area contributed by atoms with Crippen molar-refractivity contribution in [3.63, 3.8) is 0 Å². The molecule has 3 rings (SSSR count). The van der Waals surface area contributed by atoms with Crippen molar-refractivity contribution < 1.29 is 23.0 Å². The predicted molar refractivity (Wildman–Crippen MR) is 102 cm³/mol. The van der Waals surface area contributed by atoms with Crippen LogP contribution in [0.25, 0.3) is 0 Å². The fourth-order valence-electron chi connectivity index (χ4n) is 3.00. The van der Waals surface area contributed by atoms with E-state index >= 15 is 0 Å². The first-order valence-electron chi connectivity index (χ1n) is 9.06. The number of nitrogens with one attached hydrogen (secondary N) is 1. The average Bonchev–Trinajstić information content (AvgIpc) is 2.72. The molecular weight excluding hydrogens is 368 g/mol. The summed E-state index contributed by atoms with van der Waals surface area (Å²) in [6.45, 7) is 2.61. The third kappa shape index (κ3) is 5.03. The zero-order chi connectivity index (χ0) is 19.9. The highest BCUT2D eigenvalue weighted by atomic mass is 19.1. The van der Waals surface area contributed by atoms with Crippen LogP contribution in [-0.4, -0.2) is 57.4 Å². The number of urea groups is 1. The lowest BCUT2D eigenvalue weighted by molar-refractivity contribution is 0.191. The molecule has 2 amide bonds. The van der Waals surface area contributed by atoms with Crippen molar-refractivity contribution in [2.75, 3.05) is 51.3 Å². The van der Waals surface area contributed by atoms with E-state index in [1.807, 2.05) is 4.90 Å². The summed E-state index contributed by atoms with van der Waals surface area (Å²) >= 11 is 0. The molecule has 0 saturated carbocycles. The number of rotatable bonds is 6. The molecule has 2 aromatic rings. The van der Waals surface area contributed by atoms with Crippen LogP contribution in [0.15, 0.2) is 42.5 Å². The molecule has 0 aromatic heterocycles. The van der Waals surface area contributed by atoms with Gasteiger partial charge in [0.2, 0.25) is 0 Å². The number of methoxy groups -OCH3 is 1. The van der Waals surface area contributed by atoms with Crippen LogP contribution in [0, 0.1) is 11.6 Å². The molecule has 1 saturated heterocycles. The van der Waals surface area contributed by atoms with Gasteiger partial charge in [0, 0.05) is 32.2 Å². The average molecular weight is 391 g/mol. The van der Waals surface area contributed by atoms with Gasteiger partial charge in [0.05, 0.1) is 19.3 Å². The molecule has 0 aliphatic carbocycles. The Morgan fingerprint density at radius 2 is 1.71 bits per heavy atom. The van der Waals surface area contributed by atoms with Crippen LogP contribution < -0.4 is 19.7 Å². The molecule has 1 fully saturated rings. The van der Waals surface area contributed by atoms with Gasteiger partial charge in [-0.25, -0.2) is 13.6 Å². The molecule has 1 heterocycles. The van der Waals surface area contributed by atoms with E-state index in [9.17, 15) is 13.6 Å². The van der Waals surface area contributed by atoms with Crippen LogP contribution in [0.1, 0.15) is 0 Å². The summed E-state index contributed by atoms with van der Waals surface area (Å²) < 4.78 is 37.6. The number of halogens is 2. The molecule has 1 aliphatic heterocycles. The number of anilines is 1. The van der Waals surface area contributed by atoms with Gasteiger partial charge in [0.15, 0.2) is 0 Å². The summed E-state index contributed by atoms with van der Waals surface area (Å²) in [7, 11) is 1.60. The summed E-state index contributed by atoms with van der Waals surface area (Å²) in [6.07, 6.45) is 0. The molecule has 28 heavy (non-hydrogen) atoms. The smallest absolute Gasteiger partial charge is 0.317 e. The largest absolute Gasteiger partial charge is 0.497 e. The molecule has 0 spiro atoms. The number of carbonyl (C=O) groups is 1. The van der Waals surface area contributed by atoms with Crippen molar-refractivity contribution in [3.8, 4) is 11.5 Å². The number of carbonyl (C=O) groups excluding carboxylic acids is 1. The maximum atomic E-state index is 13.9. The first kappa shape index (κ1) is 19.7. The molecule has 0 radical (unpaired) electrons. The minimum Gasteiger partial charge on any atom is -0.497 e. The van der Waals surface area contributed by atoms with Gasteiger partial charge in [-0.2, -0.15) is 0 Å². The monoisotopic (exact) mass is 391 g/mol. The fourth-order valence-corrected chi connectivity index (χ4v) is 3.00. The highest BCUT2D eigenvalue weighted by Crippen LogP contribution is 2.21. The molecule has 150 valence electrons. The van der Waals surface area contributed by atoms with Crippen molar-refractivity contribution in [3.05, 3.63) is 54.1 Å². The first-order chi connectivity index (χ1) is 13.6. The number of ether oxygens (including phenoxy) is 2. The summed E-state index contributed by atoms with van der Waals surface area (Å²) in [5.41, 5.74) is 0.356. The van der Waals surface area contributed by atoms with E-state index in [0.29, 0.717) is 50.8 Å². The SMILES string of the molecule is COc1ccc(OCCNC(=O)N2CCN(c3ccc(F)cc3F)CC2)cc1. The number of hydrogen-bond acceptors (Lipinski definition) is 4. The summed E-state index contributed by atoms with van der Waals surface area (Å²) in [5.74, 6) is 0.259. The molecule has 8 heteroatoms. The highest BCUT2D eigenvalue weighted by molar-refractivity contribution is 5.74. The van der Waals surface area contributed by atoms with Gasteiger partial charge in [-0.1, -0.05) is 0 Å². The van der Waals surface area contributed by atoms with E-state index in [0.717, 1.165) is 11.8 Å². The lowest BCUT2D eigenvalue weighted by Crippen LogP contribution is -2.52. The Balaban J connectivity index is 1.39. The number of amides is 2. The summed E-state index contributed by atoms with van der Waals surface area (Å²) in [5, 5.41) is 2.81. The number of benzene rings is 2. The summed E-state index contributed by atoms with van der Waals surface area (Å²) in [6, 6.07) is 10.6. The third-order valence-corrected chi connectivity index (χ3v) is 4.52. The second kappa shape index (κ2) is 9.25. The Labute approximate surface area is 162 Å². The minimum absolute atomic E-state index is 0.183. The van der Waals surface area contributed by atoms with Crippen LogP contribution in [0.2, 0.25) is 0 Å². The minimum atomic E-state index is -0.601. The van der Waals surface area contributed by atoms with Gasteiger partial charge >= 0.3 is 6.03 Å². The standard InChI is InChI=1S/C20H23F2N3O3/c1-27-16-3-5-17(6-4-16)28-13-8-23-20(26)25-11-9-24(10-12-25)19-7-2-15(21)14-18(19)22/h2-7,14H,8-13H2,1H3,(H,23,26). The molecule has 0 unspecified atom stereocenters. The van der Waals surface area contributed by atoms with E-state index in [1.54, 1.807) is 36.3 Å². The maximum absolute atomic E-state index is 13.9. The normalized spacial score (nSPS) is 14.0. The van der Waals surface area contributed by atoms with Gasteiger partial charge < -0.3 is 24.6 Å². The van der Waals surface area contributed by atoms with Gasteiger partial charge in [-0.15, -0.1) is 0 Å². The van der Waals surface area contributed by atoms with E-state index in [2.05, 4.69) is 5.32 Å². The van der Waals surface area contributed by atoms with Crippen molar-refractivity contribution in [2.24, 2.45) is 0 Å². The quantitative estimate of drug-likeness (QED) is 0.770. The molecule has 1 aliphatic rings. The molecular formula is C20H23F2N3O3. The van der Waals surface area contributed by atoms with Crippen molar-refractivity contribution in [2.45, 2.75) is 0 Å². The van der Waals surface area contributed by atoms with Gasteiger partial charge in [0.1, 0.15) is 29.7 Å². The molecule has 1 N–H and O–H groups in total. The Kier molecular flexibility index (Phi) is 6.52. The highest BCUT2D eigenvalue weighted by Gasteiger charge is 2.22. The van der Waals surface area contributed by atoms with Crippen LogP contribution in [0.5, 0.6) is 11.5 Å². The first-order valence-corrected chi connectivity index (χ1v) is 9.06. The lowest BCUT2D eigenvalue weighted by atomic mass is 10.2. The number of piperazine rings is 1. The van der Waals surface area contributed by atoms with Crippen LogP contribution >= 0.6 is 0 Å². The van der Waals surface area contributed by atoms with Crippen molar-refractivity contribution in [1.29, 1.82) is 0 Å². The van der Waals surface area contributed by atoms with E-state index in [1.165, 1.54) is 12.1 Å². The van der Waals surface area contributed by atoms with Crippen LogP contribution in [0.4, 0.5) is 19.3 Å². The van der Waals surface area contributed by atoms with Crippen LogP contribution in [-0.2, 0) is 0 Å². The fraction of sp³-hybridized carbons (Fsp3) is 0.350. The topological polar surface area (TPSA) is 54.0 Å². The molecule has 6 nitrogen and oxygen atoms in total. The third-order valence-electron chi connectivity index (χ3n) is 4.52. The Morgan fingerprint density at radius 1 is 1.04 bits per heavy atom. The number of nitrogens with zero attached hydrogens (tertiary/aromatic N) is 2. The molecule has 2 aromatic carbocycles. The van der Waals surface area contributed by atoms with E-state index < -0.39 is 11.6 Å². The Hall–Kier alpha value is -3.03. The predicted octanol–water partition coefficient (Wildman–Crippen LogP) is 2.88. The van der Waals surface area contributed by atoms with Gasteiger partial charge in [-0.3, -0.25) is 0 Å². The van der Waals surface area contributed by atoms with Crippen molar-refractivity contribution >= 4 is 11.7 Å². The maximum Gasteiger partial charge on any atom is 0.317 e. The zero-order valence-corrected chi connectivity index (χ0v) is 15.7. The lowest BCUT2D eigenvalue weighted by Gasteiger charge is -2.36. The zero-order valence-electron chi connectivity index (χ0n) is 15.7. The van der Waals surface area contributed by atoms with Gasteiger partial charge in [0.25, 0.3) is 0 Å². The Morgan fingerprint density at radius 3 is 2.36 bits per heavy atom. The van der Waals surface area contributed by atoms with Crippen molar-refractivity contribution in [1.82, 2.24) is 10.2 Å². The number of hydrogen-bond donors (Lipinski definition) is 1. The summed E-state index contributed by atoms with van der Waals surface area (Å²) in [4.78, 5) is 15.7. The van der Waals surface area contributed by atoms with E-state index in [4.69, 9.17) is 9.47 Å². The Bertz CT molecular complexity index is 794. The second-order valence-corrected chi connectivity index (χ2v) is 6.33. The molecule has 0 bridgehead atoms.